The molecule has 1 N–H and O–H groups in total. The first-order valence-corrected chi connectivity index (χ1v) is 9.58. The Kier molecular flexibility index (Phi) is 4.21. The van der Waals surface area contributed by atoms with E-state index >= 15 is 0 Å². The van der Waals surface area contributed by atoms with Crippen molar-refractivity contribution < 1.29 is 0 Å². The Balaban J connectivity index is 1.49. The minimum absolute atomic E-state index is 0.222. The number of benzene rings is 2. The first-order chi connectivity index (χ1) is 11.9. The van der Waals surface area contributed by atoms with Crippen molar-refractivity contribution in [1.29, 1.82) is 0 Å². The molecule has 2 aromatic carbocycles. The largest absolute Gasteiger partial charge is 0.309 e. The zero-order valence-corrected chi connectivity index (χ0v) is 16.0. The van der Waals surface area contributed by atoms with Crippen LogP contribution >= 0.6 is 0 Å². The maximum absolute atomic E-state index is 3.45. The van der Waals surface area contributed by atoms with E-state index in [1.54, 1.807) is 5.56 Å². The lowest BCUT2D eigenvalue weighted by atomic mass is 9.83. The fraction of sp³-hybridized carbons (Fsp3) is 0.478. The predicted molar refractivity (Wildman–Crippen MR) is 105 cm³/mol. The lowest BCUT2D eigenvalue weighted by Gasteiger charge is -2.24. The van der Waals surface area contributed by atoms with E-state index < -0.39 is 0 Å². The zero-order chi connectivity index (χ0) is 17.6. The third-order valence-electron chi connectivity index (χ3n) is 5.82. The summed E-state index contributed by atoms with van der Waals surface area (Å²) in [4.78, 5) is 2.62. The van der Waals surface area contributed by atoms with Crippen LogP contribution in [0.5, 0.6) is 0 Å². The molecule has 0 amide bonds. The molecule has 2 heteroatoms. The number of hydrogen-bond donors (Lipinski definition) is 1. The van der Waals surface area contributed by atoms with Crippen molar-refractivity contribution in [2.75, 3.05) is 6.54 Å². The van der Waals surface area contributed by atoms with Crippen molar-refractivity contribution in [3.05, 3.63) is 69.8 Å². The number of fused-ring (bicyclic) bond motifs is 2. The second-order valence-corrected chi connectivity index (χ2v) is 8.90. The molecule has 4 rings (SSSR count). The molecule has 2 aromatic rings. The SMILES string of the molecule is CC(CN1Cc2cccc(C(C)(C)C)c2C1)c1ccc2c(c1)CNC2. The highest BCUT2D eigenvalue weighted by Gasteiger charge is 2.27. The van der Waals surface area contributed by atoms with Gasteiger partial charge in [-0.25, -0.2) is 0 Å². The normalized spacial score (nSPS) is 18.2. The van der Waals surface area contributed by atoms with E-state index in [4.69, 9.17) is 0 Å². The number of nitrogens with zero attached hydrogens (tertiary/aromatic N) is 1. The number of nitrogens with one attached hydrogen (secondary N) is 1. The molecule has 0 bridgehead atoms. The third-order valence-corrected chi connectivity index (χ3v) is 5.82. The summed E-state index contributed by atoms with van der Waals surface area (Å²) in [5, 5.41) is 3.45. The van der Waals surface area contributed by atoms with Crippen LogP contribution in [0.2, 0.25) is 0 Å². The van der Waals surface area contributed by atoms with Gasteiger partial charge in [0.25, 0.3) is 0 Å². The van der Waals surface area contributed by atoms with Crippen LogP contribution < -0.4 is 5.32 Å². The van der Waals surface area contributed by atoms with E-state index in [1.165, 1.54) is 27.8 Å². The summed E-state index contributed by atoms with van der Waals surface area (Å²) < 4.78 is 0. The molecule has 2 aliphatic heterocycles. The Bertz CT molecular complexity index is 785. The van der Waals surface area contributed by atoms with Crippen LogP contribution in [0.1, 0.15) is 67.0 Å². The zero-order valence-electron chi connectivity index (χ0n) is 16.0. The second-order valence-electron chi connectivity index (χ2n) is 8.90. The quantitative estimate of drug-likeness (QED) is 0.875. The van der Waals surface area contributed by atoms with Crippen LogP contribution in [-0.2, 0) is 31.6 Å². The topological polar surface area (TPSA) is 15.3 Å². The molecular weight excluding hydrogens is 304 g/mol. The van der Waals surface area contributed by atoms with Gasteiger partial charge < -0.3 is 5.32 Å². The average molecular weight is 335 g/mol. The van der Waals surface area contributed by atoms with E-state index in [9.17, 15) is 0 Å². The molecule has 1 unspecified atom stereocenters. The molecule has 2 nitrogen and oxygen atoms in total. The van der Waals surface area contributed by atoms with Crippen LogP contribution in [-0.4, -0.2) is 11.4 Å². The summed E-state index contributed by atoms with van der Waals surface area (Å²) in [6.45, 7) is 14.7. The van der Waals surface area contributed by atoms with Gasteiger partial charge in [0, 0.05) is 32.7 Å². The van der Waals surface area contributed by atoms with Gasteiger partial charge in [0.15, 0.2) is 0 Å². The first kappa shape index (κ1) is 16.8. The van der Waals surface area contributed by atoms with Gasteiger partial charge in [0.2, 0.25) is 0 Å². The summed E-state index contributed by atoms with van der Waals surface area (Å²) >= 11 is 0. The van der Waals surface area contributed by atoms with Crippen molar-refractivity contribution in [3.8, 4) is 0 Å². The average Bonchev–Trinajstić information content (AvgIpc) is 3.18. The van der Waals surface area contributed by atoms with Crippen LogP contribution in [0, 0.1) is 0 Å². The Morgan fingerprint density at radius 3 is 2.60 bits per heavy atom. The predicted octanol–water partition coefficient (Wildman–Crippen LogP) is 4.71. The van der Waals surface area contributed by atoms with E-state index in [0.29, 0.717) is 5.92 Å². The molecule has 0 saturated heterocycles. The summed E-state index contributed by atoms with van der Waals surface area (Å²) in [6, 6.07) is 13.9. The second kappa shape index (κ2) is 6.26. The molecule has 0 aromatic heterocycles. The Labute approximate surface area is 152 Å². The monoisotopic (exact) mass is 334 g/mol. The smallest absolute Gasteiger partial charge is 0.0243 e. The maximum atomic E-state index is 3.45. The van der Waals surface area contributed by atoms with Gasteiger partial charge in [-0.1, -0.05) is 64.1 Å². The van der Waals surface area contributed by atoms with Crippen molar-refractivity contribution in [2.45, 2.75) is 65.2 Å². The highest BCUT2D eigenvalue weighted by molar-refractivity contribution is 5.42. The van der Waals surface area contributed by atoms with Gasteiger partial charge >= 0.3 is 0 Å². The molecule has 0 radical (unpaired) electrons. The number of hydrogen-bond acceptors (Lipinski definition) is 2. The summed E-state index contributed by atoms with van der Waals surface area (Å²) in [5.74, 6) is 0.568. The maximum Gasteiger partial charge on any atom is 0.0243 e. The van der Waals surface area contributed by atoms with Gasteiger partial charge in [0.1, 0.15) is 0 Å². The highest BCUT2D eigenvalue weighted by Crippen LogP contribution is 2.34. The van der Waals surface area contributed by atoms with Gasteiger partial charge in [-0.15, -0.1) is 0 Å². The first-order valence-electron chi connectivity index (χ1n) is 9.58. The molecule has 1 atom stereocenters. The van der Waals surface area contributed by atoms with Crippen molar-refractivity contribution in [2.24, 2.45) is 0 Å². The fourth-order valence-corrected chi connectivity index (χ4v) is 4.44. The molecule has 0 spiro atoms. The Morgan fingerprint density at radius 2 is 1.80 bits per heavy atom. The van der Waals surface area contributed by atoms with E-state index in [-0.39, 0.29) is 5.41 Å². The molecule has 132 valence electrons. The fourth-order valence-electron chi connectivity index (χ4n) is 4.44. The highest BCUT2D eigenvalue weighted by atomic mass is 15.1. The van der Waals surface area contributed by atoms with Gasteiger partial charge in [-0.2, -0.15) is 0 Å². The van der Waals surface area contributed by atoms with Gasteiger partial charge in [0.05, 0.1) is 0 Å². The minimum Gasteiger partial charge on any atom is -0.309 e. The summed E-state index contributed by atoms with van der Waals surface area (Å²) in [6.07, 6.45) is 0. The van der Waals surface area contributed by atoms with Crippen LogP contribution in [0.4, 0.5) is 0 Å². The molecule has 2 aliphatic rings. The lowest BCUT2D eigenvalue weighted by Crippen LogP contribution is -2.23. The van der Waals surface area contributed by atoms with Crippen molar-refractivity contribution in [1.82, 2.24) is 10.2 Å². The van der Waals surface area contributed by atoms with Crippen molar-refractivity contribution >= 4 is 0 Å². The molecule has 0 saturated carbocycles. The van der Waals surface area contributed by atoms with E-state index in [2.05, 4.69) is 74.3 Å². The molecular formula is C23H30N2. The lowest BCUT2D eigenvalue weighted by molar-refractivity contribution is 0.268. The molecule has 0 fully saturated rings. The van der Waals surface area contributed by atoms with Crippen molar-refractivity contribution in [3.63, 3.8) is 0 Å². The van der Waals surface area contributed by atoms with Crippen LogP contribution in [0.15, 0.2) is 36.4 Å². The van der Waals surface area contributed by atoms with E-state index in [1.807, 2.05) is 0 Å². The molecule has 25 heavy (non-hydrogen) atoms. The minimum atomic E-state index is 0.222. The molecule has 2 heterocycles. The van der Waals surface area contributed by atoms with Crippen LogP contribution in [0.3, 0.4) is 0 Å². The van der Waals surface area contributed by atoms with Gasteiger partial charge in [-0.05, 0) is 44.7 Å². The Morgan fingerprint density at radius 1 is 1.00 bits per heavy atom. The summed E-state index contributed by atoms with van der Waals surface area (Å²) in [7, 11) is 0. The van der Waals surface area contributed by atoms with Gasteiger partial charge in [-0.3, -0.25) is 4.90 Å². The summed E-state index contributed by atoms with van der Waals surface area (Å²) in [5.41, 5.74) is 9.28. The van der Waals surface area contributed by atoms with Crippen LogP contribution in [0.25, 0.3) is 0 Å². The standard InChI is InChI=1S/C23H30N2/c1-16(17-8-9-18-11-24-12-20(18)10-17)13-25-14-19-6-5-7-22(21(19)15-25)23(2,3)4/h5-10,16,24H,11-15H2,1-4H3. The molecule has 0 aliphatic carbocycles. The Hall–Kier alpha value is -1.64. The van der Waals surface area contributed by atoms with E-state index in [0.717, 1.165) is 32.7 Å². The third kappa shape index (κ3) is 3.26. The number of rotatable bonds is 3.